The zero-order chi connectivity index (χ0) is 5.86. The molecule has 0 bridgehead atoms. The summed E-state index contributed by atoms with van der Waals surface area (Å²) in [5.41, 5.74) is 0. The molecule has 1 nitrogen and oxygen atoms in total. The molecule has 0 aliphatic heterocycles. The van der Waals surface area contributed by atoms with E-state index >= 15 is 0 Å². The minimum atomic E-state index is 0.653. The van der Waals surface area contributed by atoms with Crippen LogP contribution in [0.4, 0.5) is 0 Å². The highest BCUT2D eigenvalue weighted by atomic mass is 14.9. The standard InChI is InChI=1S/C6H15N/c1-5(2)6(3)7-4/h5-7H,1-4H3/t6-/m0/s1. The Morgan fingerprint density at radius 1 is 1.14 bits per heavy atom. The van der Waals surface area contributed by atoms with Gasteiger partial charge in [0.05, 0.1) is 0 Å². The molecule has 0 aromatic heterocycles. The van der Waals surface area contributed by atoms with Crippen molar-refractivity contribution in [1.29, 1.82) is 0 Å². The molecule has 0 saturated carbocycles. The van der Waals surface area contributed by atoms with Gasteiger partial charge in [-0.25, -0.2) is 0 Å². The molecule has 0 unspecified atom stereocenters. The van der Waals surface area contributed by atoms with Gasteiger partial charge < -0.3 is 5.32 Å². The number of nitrogens with one attached hydrogen (secondary N) is 1. The molecule has 7 heavy (non-hydrogen) atoms. The molecule has 0 aromatic carbocycles. The van der Waals surface area contributed by atoms with Gasteiger partial charge in [0.1, 0.15) is 0 Å². The van der Waals surface area contributed by atoms with E-state index in [0.717, 1.165) is 5.92 Å². The first-order valence-corrected chi connectivity index (χ1v) is 2.85. The third kappa shape index (κ3) is 2.63. The van der Waals surface area contributed by atoms with Crippen LogP contribution in [0.15, 0.2) is 0 Å². The van der Waals surface area contributed by atoms with Crippen LogP contribution < -0.4 is 5.32 Å². The van der Waals surface area contributed by atoms with Crippen LogP contribution in [0, 0.1) is 5.92 Å². The molecule has 1 heteroatoms. The Balaban J connectivity index is 3.14. The molecule has 1 N–H and O–H groups in total. The second-order valence-corrected chi connectivity index (χ2v) is 2.32. The lowest BCUT2D eigenvalue weighted by Gasteiger charge is -2.12. The van der Waals surface area contributed by atoms with Crippen molar-refractivity contribution < 1.29 is 0 Å². The average molecular weight is 101 g/mol. The van der Waals surface area contributed by atoms with Gasteiger partial charge in [0, 0.05) is 6.04 Å². The third-order valence-corrected chi connectivity index (χ3v) is 1.46. The zero-order valence-electron chi connectivity index (χ0n) is 5.65. The lowest BCUT2D eigenvalue weighted by Crippen LogP contribution is -2.26. The first kappa shape index (κ1) is 6.96. The molecular weight excluding hydrogens is 86.1 g/mol. The third-order valence-electron chi connectivity index (χ3n) is 1.46. The first-order chi connectivity index (χ1) is 3.18. The smallest absolute Gasteiger partial charge is 0.00587 e. The van der Waals surface area contributed by atoms with Crippen molar-refractivity contribution in [3.8, 4) is 0 Å². The fourth-order valence-electron chi connectivity index (χ4n) is 0.333. The second kappa shape index (κ2) is 3.03. The van der Waals surface area contributed by atoms with Gasteiger partial charge in [0.2, 0.25) is 0 Å². The fraction of sp³-hybridized carbons (Fsp3) is 1.00. The van der Waals surface area contributed by atoms with Crippen molar-refractivity contribution in [3.63, 3.8) is 0 Å². The highest BCUT2D eigenvalue weighted by Gasteiger charge is 2.00. The maximum atomic E-state index is 3.16. The molecule has 0 radical (unpaired) electrons. The Morgan fingerprint density at radius 2 is 1.57 bits per heavy atom. The second-order valence-electron chi connectivity index (χ2n) is 2.32. The summed E-state index contributed by atoms with van der Waals surface area (Å²) in [6.45, 7) is 6.60. The maximum absolute atomic E-state index is 3.16. The quantitative estimate of drug-likeness (QED) is 0.552. The number of rotatable bonds is 2. The van der Waals surface area contributed by atoms with Crippen LogP contribution in [0.5, 0.6) is 0 Å². The van der Waals surface area contributed by atoms with E-state index in [0.29, 0.717) is 6.04 Å². The summed E-state index contributed by atoms with van der Waals surface area (Å²) in [6, 6.07) is 0.653. The van der Waals surface area contributed by atoms with Crippen molar-refractivity contribution >= 4 is 0 Å². The van der Waals surface area contributed by atoms with Gasteiger partial charge in [-0.15, -0.1) is 0 Å². The van der Waals surface area contributed by atoms with Gasteiger partial charge in [-0.3, -0.25) is 0 Å². The predicted octanol–water partition coefficient (Wildman–Crippen LogP) is 1.25. The lowest BCUT2D eigenvalue weighted by atomic mass is 10.1. The number of hydrogen-bond donors (Lipinski definition) is 1. The molecule has 0 aromatic rings. The molecule has 0 rings (SSSR count). The molecule has 1 atom stereocenters. The highest BCUT2D eigenvalue weighted by Crippen LogP contribution is 1.96. The summed E-state index contributed by atoms with van der Waals surface area (Å²) in [5, 5.41) is 3.16. The van der Waals surface area contributed by atoms with Crippen molar-refractivity contribution in [2.45, 2.75) is 26.8 Å². The maximum Gasteiger partial charge on any atom is 0.00587 e. The van der Waals surface area contributed by atoms with Crippen molar-refractivity contribution in [2.75, 3.05) is 7.05 Å². The summed E-state index contributed by atoms with van der Waals surface area (Å²) in [4.78, 5) is 0. The van der Waals surface area contributed by atoms with Gasteiger partial charge in [0.15, 0.2) is 0 Å². The largest absolute Gasteiger partial charge is 0.317 e. The van der Waals surface area contributed by atoms with E-state index < -0.39 is 0 Å². The van der Waals surface area contributed by atoms with Crippen LogP contribution in [0.3, 0.4) is 0 Å². The Labute approximate surface area is 46.1 Å². The SMILES string of the molecule is CN[C@@H](C)C(C)C. The average Bonchev–Trinajstić information content (AvgIpc) is 1.65. The molecule has 0 aliphatic carbocycles. The molecule has 0 amide bonds. The van der Waals surface area contributed by atoms with E-state index in [4.69, 9.17) is 0 Å². The van der Waals surface area contributed by atoms with E-state index in [1.807, 2.05) is 7.05 Å². The Kier molecular flexibility index (Phi) is 3.01. The lowest BCUT2D eigenvalue weighted by molar-refractivity contribution is 0.459. The van der Waals surface area contributed by atoms with Gasteiger partial charge in [0.25, 0.3) is 0 Å². The number of hydrogen-bond acceptors (Lipinski definition) is 1. The molecule has 0 spiro atoms. The van der Waals surface area contributed by atoms with E-state index in [1.165, 1.54) is 0 Å². The molecular formula is C6H15N. The van der Waals surface area contributed by atoms with Crippen molar-refractivity contribution in [3.05, 3.63) is 0 Å². The minimum absolute atomic E-state index is 0.653. The predicted molar refractivity (Wildman–Crippen MR) is 33.4 cm³/mol. The van der Waals surface area contributed by atoms with E-state index in [2.05, 4.69) is 26.1 Å². The summed E-state index contributed by atoms with van der Waals surface area (Å²) in [7, 11) is 1.99. The van der Waals surface area contributed by atoms with Gasteiger partial charge in [-0.1, -0.05) is 13.8 Å². The Morgan fingerprint density at radius 3 is 1.57 bits per heavy atom. The topological polar surface area (TPSA) is 12.0 Å². The Bertz CT molecular complexity index is 41.4. The monoisotopic (exact) mass is 101 g/mol. The van der Waals surface area contributed by atoms with Gasteiger partial charge in [-0.2, -0.15) is 0 Å². The van der Waals surface area contributed by atoms with Crippen LogP contribution in [-0.4, -0.2) is 13.1 Å². The van der Waals surface area contributed by atoms with Gasteiger partial charge >= 0.3 is 0 Å². The van der Waals surface area contributed by atoms with Crippen LogP contribution >= 0.6 is 0 Å². The Hall–Kier alpha value is -0.0400. The molecule has 0 saturated heterocycles. The van der Waals surface area contributed by atoms with E-state index in [1.54, 1.807) is 0 Å². The summed E-state index contributed by atoms with van der Waals surface area (Å²) >= 11 is 0. The summed E-state index contributed by atoms with van der Waals surface area (Å²) < 4.78 is 0. The van der Waals surface area contributed by atoms with Crippen LogP contribution in [0.25, 0.3) is 0 Å². The van der Waals surface area contributed by atoms with Crippen LogP contribution in [0.1, 0.15) is 20.8 Å². The fourth-order valence-corrected chi connectivity index (χ4v) is 0.333. The van der Waals surface area contributed by atoms with E-state index in [-0.39, 0.29) is 0 Å². The van der Waals surface area contributed by atoms with Crippen molar-refractivity contribution in [2.24, 2.45) is 5.92 Å². The minimum Gasteiger partial charge on any atom is -0.317 e. The van der Waals surface area contributed by atoms with Crippen LogP contribution in [0.2, 0.25) is 0 Å². The molecule has 0 aliphatic rings. The van der Waals surface area contributed by atoms with E-state index in [9.17, 15) is 0 Å². The molecule has 0 heterocycles. The summed E-state index contributed by atoms with van der Waals surface area (Å²) in [6.07, 6.45) is 0. The van der Waals surface area contributed by atoms with Crippen LogP contribution in [-0.2, 0) is 0 Å². The first-order valence-electron chi connectivity index (χ1n) is 2.85. The highest BCUT2D eigenvalue weighted by molar-refractivity contribution is 4.59. The molecule has 44 valence electrons. The summed E-state index contributed by atoms with van der Waals surface area (Å²) in [5.74, 6) is 0.755. The van der Waals surface area contributed by atoms with Gasteiger partial charge in [-0.05, 0) is 19.9 Å². The van der Waals surface area contributed by atoms with Crippen molar-refractivity contribution in [1.82, 2.24) is 5.32 Å². The zero-order valence-corrected chi connectivity index (χ0v) is 5.65. The normalized spacial score (nSPS) is 15.0. The molecule has 0 fully saturated rings.